The lowest BCUT2D eigenvalue weighted by atomic mass is 9.95. The maximum Gasteiger partial charge on any atom is 0.409 e. The molecule has 1 atom stereocenters. The van der Waals surface area contributed by atoms with E-state index in [1.165, 1.54) is 19.2 Å². The Balaban J connectivity index is 1.64. The summed E-state index contributed by atoms with van der Waals surface area (Å²) in [5, 5.41) is 25.8. The standard InChI is InChI=1S/C26H26N2O6S/c1-33-23-12-21(22(27-26(31)32)13-24(23)34-15-17-5-3-2-4-6-17)25(30)28-9-7-18(11-20(28)14-29)19-8-10-35-16-19/h2-8,10,12-13,16,20,27,29H,9,11,14-15H2,1H3,(H,31,32)/t20-/m0/s1. The second kappa shape index (κ2) is 11.1. The Morgan fingerprint density at radius 2 is 1.97 bits per heavy atom. The van der Waals surface area contributed by atoms with E-state index >= 15 is 0 Å². The Morgan fingerprint density at radius 3 is 2.63 bits per heavy atom. The summed E-state index contributed by atoms with van der Waals surface area (Å²) in [5.74, 6) is 0.183. The van der Waals surface area contributed by atoms with E-state index < -0.39 is 18.0 Å². The molecule has 0 unspecified atom stereocenters. The molecule has 0 bridgehead atoms. The van der Waals surface area contributed by atoms with Crippen LogP contribution in [0, 0.1) is 0 Å². The summed E-state index contributed by atoms with van der Waals surface area (Å²) in [6, 6.07) is 14.0. The topological polar surface area (TPSA) is 108 Å². The molecule has 2 amide bonds. The number of ether oxygens (including phenoxy) is 2. The van der Waals surface area contributed by atoms with Crippen LogP contribution in [0.3, 0.4) is 0 Å². The minimum absolute atomic E-state index is 0.0793. The van der Waals surface area contributed by atoms with Crippen molar-refractivity contribution in [3.63, 3.8) is 0 Å². The molecule has 0 saturated heterocycles. The van der Waals surface area contributed by atoms with E-state index in [-0.39, 0.29) is 31.0 Å². The summed E-state index contributed by atoms with van der Waals surface area (Å²) in [5.41, 5.74) is 3.27. The maximum absolute atomic E-state index is 13.6. The van der Waals surface area contributed by atoms with Gasteiger partial charge in [-0.2, -0.15) is 11.3 Å². The van der Waals surface area contributed by atoms with Crippen LogP contribution in [0.15, 0.2) is 65.4 Å². The van der Waals surface area contributed by atoms with Crippen molar-refractivity contribution in [3.05, 3.63) is 82.1 Å². The molecule has 0 saturated carbocycles. The number of hydrogen-bond acceptors (Lipinski definition) is 6. The first-order valence-electron chi connectivity index (χ1n) is 11.0. The molecule has 0 aliphatic carbocycles. The van der Waals surface area contributed by atoms with E-state index in [0.29, 0.717) is 17.9 Å². The lowest BCUT2D eigenvalue weighted by Crippen LogP contribution is -2.45. The minimum Gasteiger partial charge on any atom is -0.493 e. The summed E-state index contributed by atoms with van der Waals surface area (Å²) in [7, 11) is 1.45. The van der Waals surface area contributed by atoms with Crippen molar-refractivity contribution in [2.24, 2.45) is 0 Å². The maximum atomic E-state index is 13.6. The number of nitrogens with one attached hydrogen (secondary N) is 1. The number of aliphatic hydroxyl groups excluding tert-OH is 1. The van der Waals surface area contributed by atoms with Crippen LogP contribution in [0.4, 0.5) is 10.5 Å². The Bertz CT molecular complexity index is 1210. The number of thiophene rings is 1. The predicted molar refractivity (Wildman–Crippen MR) is 134 cm³/mol. The molecule has 0 radical (unpaired) electrons. The van der Waals surface area contributed by atoms with Gasteiger partial charge in [-0.05, 0) is 46.0 Å². The van der Waals surface area contributed by atoms with Crippen LogP contribution < -0.4 is 14.8 Å². The fourth-order valence-corrected chi connectivity index (χ4v) is 4.70. The smallest absolute Gasteiger partial charge is 0.409 e. The summed E-state index contributed by atoms with van der Waals surface area (Å²) < 4.78 is 11.3. The number of benzene rings is 2. The number of rotatable bonds is 8. The van der Waals surface area contributed by atoms with Gasteiger partial charge in [-0.15, -0.1) is 0 Å². The minimum atomic E-state index is -1.31. The Labute approximate surface area is 207 Å². The highest BCUT2D eigenvalue weighted by atomic mass is 32.1. The number of carbonyl (C=O) groups is 2. The first-order chi connectivity index (χ1) is 17.0. The zero-order valence-corrected chi connectivity index (χ0v) is 20.0. The van der Waals surface area contributed by atoms with Crippen LogP contribution in [-0.2, 0) is 6.61 Å². The fourth-order valence-electron chi connectivity index (χ4n) is 4.02. The van der Waals surface area contributed by atoms with Gasteiger partial charge in [0.1, 0.15) is 6.61 Å². The third kappa shape index (κ3) is 5.64. The van der Waals surface area contributed by atoms with Gasteiger partial charge in [0.2, 0.25) is 0 Å². The zero-order valence-electron chi connectivity index (χ0n) is 19.1. The van der Waals surface area contributed by atoms with Crippen LogP contribution in [0.25, 0.3) is 5.57 Å². The highest BCUT2D eigenvalue weighted by molar-refractivity contribution is 7.08. The Hall–Kier alpha value is -3.82. The van der Waals surface area contributed by atoms with Gasteiger partial charge in [0, 0.05) is 12.6 Å². The number of methoxy groups -OCH3 is 1. The molecule has 3 aromatic rings. The number of anilines is 1. The van der Waals surface area contributed by atoms with Crippen molar-refractivity contribution < 1.29 is 29.3 Å². The van der Waals surface area contributed by atoms with Crippen molar-refractivity contribution >= 4 is 34.6 Å². The molecular weight excluding hydrogens is 468 g/mol. The van der Waals surface area contributed by atoms with Crippen molar-refractivity contribution in [2.45, 2.75) is 19.1 Å². The number of carboxylic acid groups (broad SMARTS) is 1. The molecule has 3 N–H and O–H groups in total. The third-order valence-corrected chi connectivity index (χ3v) is 6.49. The van der Waals surface area contributed by atoms with Crippen LogP contribution in [-0.4, -0.2) is 53.4 Å². The van der Waals surface area contributed by atoms with Crippen LogP contribution in [0.2, 0.25) is 0 Å². The number of aliphatic hydroxyl groups is 1. The molecule has 182 valence electrons. The number of nitrogens with zero attached hydrogens (tertiary/aromatic N) is 1. The molecule has 9 heteroatoms. The summed E-state index contributed by atoms with van der Waals surface area (Å²) in [6.07, 6.45) is 1.15. The molecule has 1 aliphatic heterocycles. The normalized spacial score (nSPS) is 15.3. The third-order valence-electron chi connectivity index (χ3n) is 5.81. The molecule has 0 spiro atoms. The second-order valence-electron chi connectivity index (χ2n) is 7.99. The average molecular weight is 495 g/mol. The molecule has 0 fully saturated rings. The van der Waals surface area contributed by atoms with Gasteiger partial charge >= 0.3 is 6.09 Å². The van der Waals surface area contributed by atoms with E-state index in [4.69, 9.17) is 9.47 Å². The summed E-state index contributed by atoms with van der Waals surface area (Å²) in [6.45, 7) is 0.312. The first kappa shape index (κ1) is 24.3. The van der Waals surface area contributed by atoms with Gasteiger partial charge in [0.15, 0.2) is 11.5 Å². The van der Waals surface area contributed by atoms with Crippen molar-refractivity contribution in [2.75, 3.05) is 25.6 Å². The lowest BCUT2D eigenvalue weighted by Gasteiger charge is -2.34. The van der Waals surface area contributed by atoms with E-state index in [0.717, 1.165) is 16.7 Å². The molecule has 1 aromatic heterocycles. The molecule has 2 heterocycles. The quantitative estimate of drug-likeness (QED) is 0.418. The summed E-state index contributed by atoms with van der Waals surface area (Å²) in [4.78, 5) is 26.6. The Kier molecular flexibility index (Phi) is 7.69. The SMILES string of the molecule is COc1cc(C(=O)N2CC=C(c3ccsc3)C[C@H]2CO)c(NC(=O)O)cc1OCc1ccccc1. The van der Waals surface area contributed by atoms with E-state index in [9.17, 15) is 19.8 Å². The second-order valence-corrected chi connectivity index (χ2v) is 8.77. The zero-order chi connectivity index (χ0) is 24.8. The first-order valence-corrected chi connectivity index (χ1v) is 12.0. The predicted octanol–water partition coefficient (Wildman–Crippen LogP) is 4.72. The van der Waals surface area contributed by atoms with Crippen molar-refractivity contribution in [1.82, 2.24) is 4.90 Å². The van der Waals surface area contributed by atoms with E-state index in [1.54, 1.807) is 16.2 Å². The van der Waals surface area contributed by atoms with Crippen LogP contribution >= 0.6 is 11.3 Å². The van der Waals surface area contributed by atoms with Gasteiger partial charge < -0.3 is 24.6 Å². The number of amides is 2. The average Bonchev–Trinajstić information content (AvgIpc) is 3.42. The highest BCUT2D eigenvalue weighted by Gasteiger charge is 2.31. The summed E-state index contributed by atoms with van der Waals surface area (Å²) >= 11 is 1.59. The van der Waals surface area contributed by atoms with E-state index in [1.807, 2.05) is 53.2 Å². The van der Waals surface area contributed by atoms with Gasteiger partial charge in [-0.1, -0.05) is 36.4 Å². The van der Waals surface area contributed by atoms with Gasteiger partial charge in [-0.25, -0.2) is 4.79 Å². The Morgan fingerprint density at radius 1 is 1.17 bits per heavy atom. The van der Waals surface area contributed by atoms with Crippen LogP contribution in [0.5, 0.6) is 11.5 Å². The molecule has 35 heavy (non-hydrogen) atoms. The van der Waals surface area contributed by atoms with Crippen molar-refractivity contribution in [3.8, 4) is 11.5 Å². The van der Waals surface area contributed by atoms with Gasteiger partial charge in [-0.3, -0.25) is 10.1 Å². The monoisotopic (exact) mass is 494 g/mol. The highest BCUT2D eigenvalue weighted by Crippen LogP contribution is 2.36. The fraction of sp³-hybridized carbons (Fsp3) is 0.231. The lowest BCUT2D eigenvalue weighted by molar-refractivity contribution is 0.0619. The molecule has 1 aliphatic rings. The van der Waals surface area contributed by atoms with Crippen LogP contribution in [0.1, 0.15) is 27.9 Å². The van der Waals surface area contributed by atoms with E-state index in [2.05, 4.69) is 5.32 Å². The molecule has 4 rings (SSSR count). The molecule has 2 aromatic carbocycles. The largest absolute Gasteiger partial charge is 0.493 e. The number of carbonyl (C=O) groups excluding carboxylic acids is 1. The van der Waals surface area contributed by atoms with Gasteiger partial charge in [0.05, 0.1) is 31.0 Å². The number of hydrogen-bond donors (Lipinski definition) is 3. The van der Waals surface area contributed by atoms with Gasteiger partial charge in [0.25, 0.3) is 5.91 Å². The van der Waals surface area contributed by atoms with Crippen molar-refractivity contribution in [1.29, 1.82) is 0 Å². The molecular formula is C26H26N2O6S. The molecule has 8 nitrogen and oxygen atoms in total.